The number of carbonyl (C=O) groups is 3. The van der Waals surface area contributed by atoms with Crippen LogP contribution in [-0.4, -0.2) is 42.3 Å². The molecule has 0 fully saturated rings. The third-order valence-corrected chi connectivity index (χ3v) is 7.18. The Labute approximate surface area is 244 Å². The van der Waals surface area contributed by atoms with Crippen molar-refractivity contribution in [1.29, 1.82) is 0 Å². The van der Waals surface area contributed by atoms with Crippen molar-refractivity contribution in [2.75, 3.05) is 11.9 Å². The summed E-state index contributed by atoms with van der Waals surface area (Å²) in [6.07, 6.45) is 2.89. The van der Waals surface area contributed by atoms with E-state index >= 15 is 0 Å². The molecule has 1 N–H and O–H groups in total. The number of ether oxygens (including phenoxy) is 1. The molecule has 218 valence electrons. The lowest BCUT2D eigenvalue weighted by atomic mass is 9.67. The van der Waals surface area contributed by atoms with E-state index in [1.54, 1.807) is 40.0 Å². The average molecular weight is 558 g/mol. The number of nitrogens with zero attached hydrogens (tertiary/aromatic N) is 2. The number of likely N-dealkylation sites (N-methyl/N-ethyl adjacent to an activating group) is 1. The highest BCUT2D eigenvalue weighted by Crippen LogP contribution is 2.43. The zero-order valence-electron chi connectivity index (χ0n) is 25.1. The lowest BCUT2D eigenvalue weighted by Gasteiger charge is -2.39. The molecule has 0 aliphatic carbocycles. The van der Waals surface area contributed by atoms with Gasteiger partial charge in [-0.15, -0.1) is 13.2 Å². The van der Waals surface area contributed by atoms with Crippen LogP contribution in [0.1, 0.15) is 65.0 Å². The Morgan fingerprint density at radius 2 is 1.61 bits per heavy atom. The maximum atomic E-state index is 14.3. The van der Waals surface area contributed by atoms with Crippen LogP contribution < -0.4 is 10.2 Å². The van der Waals surface area contributed by atoms with E-state index in [-0.39, 0.29) is 24.7 Å². The summed E-state index contributed by atoms with van der Waals surface area (Å²) in [7, 11) is 1.68. The van der Waals surface area contributed by atoms with Crippen molar-refractivity contribution in [3.63, 3.8) is 0 Å². The van der Waals surface area contributed by atoms with E-state index in [2.05, 4.69) is 18.5 Å². The number of esters is 1. The second-order valence-corrected chi connectivity index (χ2v) is 12.0. The number of para-hydroxylation sites is 1. The zero-order valence-corrected chi connectivity index (χ0v) is 25.1. The highest BCUT2D eigenvalue weighted by molar-refractivity contribution is 6.20. The summed E-state index contributed by atoms with van der Waals surface area (Å²) in [5, 5.41) is 2.92. The van der Waals surface area contributed by atoms with Crippen molar-refractivity contribution in [3.05, 3.63) is 91.0 Å². The van der Waals surface area contributed by atoms with Gasteiger partial charge in [0.2, 0.25) is 12.1 Å². The number of nitrogens with one attached hydrogen (secondary N) is 1. The van der Waals surface area contributed by atoms with Crippen molar-refractivity contribution in [2.24, 2.45) is 22.2 Å². The Bertz CT molecular complexity index is 1300. The van der Waals surface area contributed by atoms with Crippen LogP contribution in [-0.2, 0) is 19.1 Å². The summed E-state index contributed by atoms with van der Waals surface area (Å²) in [5.41, 5.74) is 0.885. The minimum absolute atomic E-state index is 0.0716. The van der Waals surface area contributed by atoms with Gasteiger partial charge in [0.05, 0.1) is 22.7 Å². The van der Waals surface area contributed by atoms with Gasteiger partial charge in [-0.2, -0.15) is 0 Å². The van der Waals surface area contributed by atoms with Gasteiger partial charge in [-0.25, -0.2) is 4.99 Å². The van der Waals surface area contributed by atoms with E-state index in [9.17, 15) is 14.4 Å². The minimum atomic E-state index is -1.25. The van der Waals surface area contributed by atoms with E-state index in [0.717, 1.165) is 11.1 Å². The summed E-state index contributed by atoms with van der Waals surface area (Å²) >= 11 is 0. The van der Waals surface area contributed by atoms with Gasteiger partial charge in [0.25, 0.3) is 5.91 Å². The van der Waals surface area contributed by atoms with Crippen LogP contribution in [0.3, 0.4) is 0 Å². The van der Waals surface area contributed by atoms with Crippen LogP contribution in [0.2, 0.25) is 0 Å². The number of amides is 2. The van der Waals surface area contributed by atoms with E-state index in [1.165, 1.54) is 4.90 Å². The first-order valence-electron chi connectivity index (χ1n) is 14.1. The Balaban J connectivity index is 2.13. The van der Waals surface area contributed by atoms with E-state index < -0.39 is 35.0 Å². The Morgan fingerprint density at radius 3 is 2.17 bits per heavy atom. The SMILES string of the molecule is C=CCC(CC=C)(C(=O)OC(C)(C)C)C(CC(C)C)C(=O)NC1N=C(c2ccccc2)c2ccccc2N(C)C1=O. The van der Waals surface area contributed by atoms with Gasteiger partial charge in [-0.3, -0.25) is 14.4 Å². The molecule has 0 aromatic heterocycles. The topological polar surface area (TPSA) is 88.1 Å². The molecule has 41 heavy (non-hydrogen) atoms. The van der Waals surface area contributed by atoms with Gasteiger partial charge in [-0.05, 0) is 52.0 Å². The molecule has 2 aromatic rings. The lowest BCUT2D eigenvalue weighted by Crippen LogP contribution is -2.53. The predicted molar refractivity (Wildman–Crippen MR) is 165 cm³/mol. The van der Waals surface area contributed by atoms with Crippen LogP contribution in [0.4, 0.5) is 5.69 Å². The molecule has 1 heterocycles. The molecular weight excluding hydrogens is 514 g/mol. The largest absolute Gasteiger partial charge is 0.460 e. The minimum Gasteiger partial charge on any atom is -0.460 e. The number of rotatable bonds is 11. The van der Waals surface area contributed by atoms with Gasteiger partial charge < -0.3 is 15.0 Å². The summed E-state index contributed by atoms with van der Waals surface area (Å²) in [4.78, 5) is 48.2. The highest BCUT2D eigenvalue weighted by Gasteiger charge is 2.50. The maximum Gasteiger partial charge on any atom is 0.314 e. The second-order valence-electron chi connectivity index (χ2n) is 12.0. The summed E-state index contributed by atoms with van der Waals surface area (Å²) in [5.74, 6) is -2.07. The molecule has 7 heteroatoms. The molecular formula is C34H43N3O4. The fourth-order valence-electron chi connectivity index (χ4n) is 5.30. The molecule has 3 rings (SSSR count). The molecule has 0 spiro atoms. The number of carbonyl (C=O) groups excluding carboxylic acids is 3. The van der Waals surface area contributed by atoms with Crippen LogP contribution in [0.5, 0.6) is 0 Å². The standard InChI is InChI=1S/C34H43N3O4/c1-9-20-34(21-10-2,32(40)41-33(5,6)7)26(22-23(3)4)30(38)36-29-31(39)37(8)27-19-15-14-18-25(27)28(35-29)24-16-12-11-13-17-24/h9-19,23,26,29H,1-2,20-22H2,3-8H3,(H,36,38). The number of allylic oxidation sites excluding steroid dienone is 2. The average Bonchev–Trinajstić information content (AvgIpc) is 3.01. The van der Waals surface area contributed by atoms with Gasteiger partial charge in [0, 0.05) is 18.2 Å². The number of hydrogen-bond acceptors (Lipinski definition) is 5. The zero-order chi connectivity index (χ0) is 30.4. The molecule has 7 nitrogen and oxygen atoms in total. The Hall–Kier alpha value is -4.00. The molecule has 0 radical (unpaired) electrons. The van der Waals surface area contributed by atoms with Crippen LogP contribution in [0.25, 0.3) is 0 Å². The van der Waals surface area contributed by atoms with E-state index in [4.69, 9.17) is 9.73 Å². The number of hydrogen-bond donors (Lipinski definition) is 1. The normalized spacial score (nSPS) is 16.3. The molecule has 1 aliphatic rings. The smallest absolute Gasteiger partial charge is 0.314 e. The molecule has 2 amide bonds. The third-order valence-electron chi connectivity index (χ3n) is 7.18. The number of aliphatic imine (C=N–C) groups is 1. The van der Waals surface area contributed by atoms with Gasteiger partial charge >= 0.3 is 5.97 Å². The second kappa shape index (κ2) is 13.1. The van der Waals surface area contributed by atoms with Crippen molar-refractivity contribution in [2.45, 2.75) is 65.6 Å². The molecule has 0 saturated carbocycles. The number of benzodiazepines with no additional fused rings is 1. The maximum absolute atomic E-state index is 14.3. The molecule has 2 aromatic carbocycles. The van der Waals surface area contributed by atoms with Crippen LogP contribution in [0, 0.1) is 17.3 Å². The van der Waals surface area contributed by atoms with Crippen molar-refractivity contribution < 1.29 is 19.1 Å². The number of fused-ring (bicyclic) bond motifs is 1. The predicted octanol–water partition coefficient (Wildman–Crippen LogP) is 6.09. The fourth-order valence-corrected chi connectivity index (χ4v) is 5.30. The van der Waals surface area contributed by atoms with Crippen molar-refractivity contribution in [1.82, 2.24) is 5.32 Å². The quantitative estimate of drug-likeness (QED) is 0.268. The van der Waals surface area contributed by atoms with Gasteiger partial charge in [0.1, 0.15) is 5.60 Å². The monoisotopic (exact) mass is 557 g/mol. The molecule has 2 atom stereocenters. The van der Waals surface area contributed by atoms with Crippen LogP contribution in [0.15, 0.2) is 84.9 Å². The van der Waals surface area contributed by atoms with Crippen LogP contribution >= 0.6 is 0 Å². The Morgan fingerprint density at radius 1 is 1.02 bits per heavy atom. The first kappa shape index (κ1) is 31.5. The first-order chi connectivity index (χ1) is 19.3. The van der Waals surface area contributed by atoms with Crippen molar-refractivity contribution in [3.8, 4) is 0 Å². The van der Waals surface area contributed by atoms with Gasteiger partial charge in [-0.1, -0.05) is 74.5 Å². The Kier molecular flexibility index (Phi) is 10.1. The number of anilines is 1. The molecule has 0 saturated heterocycles. The molecule has 1 aliphatic heterocycles. The summed E-state index contributed by atoms with van der Waals surface area (Å²) in [6.45, 7) is 17.2. The highest BCUT2D eigenvalue weighted by atomic mass is 16.6. The summed E-state index contributed by atoms with van der Waals surface area (Å²) in [6, 6.07) is 17.1. The summed E-state index contributed by atoms with van der Waals surface area (Å²) < 4.78 is 5.87. The first-order valence-corrected chi connectivity index (χ1v) is 14.1. The van der Waals surface area contributed by atoms with Crippen molar-refractivity contribution >= 4 is 29.2 Å². The molecule has 0 bridgehead atoms. The van der Waals surface area contributed by atoms with E-state index in [0.29, 0.717) is 17.8 Å². The number of benzene rings is 2. The van der Waals surface area contributed by atoms with Gasteiger partial charge in [0.15, 0.2) is 0 Å². The third kappa shape index (κ3) is 7.20. The lowest BCUT2D eigenvalue weighted by molar-refractivity contribution is -0.174. The fraction of sp³-hybridized carbons (Fsp3) is 0.412. The van der Waals surface area contributed by atoms with E-state index in [1.807, 2.05) is 68.4 Å². The molecule has 2 unspecified atom stereocenters.